The Labute approximate surface area is 117 Å². The lowest BCUT2D eigenvalue weighted by Crippen LogP contribution is -2.28. The van der Waals surface area contributed by atoms with Crippen LogP contribution in [-0.2, 0) is 0 Å². The highest BCUT2D eigenvalue weighted by Crippen LogP contribution is 2.13. The molecule has 0 saturated heterocycles. The summed E-state index contributed by atoms with van der Waals surface area (Å²) in [5.74, 6) is -0.411. The standard InChI is InChI=1S/C11H9N5O5/c17-11(14-12-4-8-1-2-20-6-8)15-13-5-9-3-10(16(18)19)21-7-9/h1-7H,(H2,14,15,17)/b12-4+,13-5-. The van der Waals surface area contributed by atoms with Crippen molar-refractivity contribution in [3.8, 4) is 0 Å². The summed E-state index contributed by atoms with van der Waals surface area (Å²) >= 11 is 0. The molecule has 10 nitrogen and oxygen atoms in total. The fourth-order valence-electron chi connectivity index (χ4n) is 1.21. The largest absolute Gasteiger partial charge is 0.472 e. The van der Waals surface area contributed by atoms with Gasteiger partial charge in [-0.25, -0.2) is 15.6 Å². The van der Waals surface area contributed by atoms with Gasteiger partial charge in [0.25, 0.3) is 0 Å². The number of hydrogen-bond donors (Lipinski definition) is 2. The fourth-order valence-corrected chi connectivity index (χ4v) is 1.21. The zero-order valence-corrected chi connectivity index (χ0v) is 10.4. The van der Waals surface area contributed by atoms with E-state index >= 15 is 0 Å². The predicted molar refractivity (Wildman–Crippen MR) is 70.9 cm³/mol. The Morgan fingerprint density at radius 3 is 2.52 bits per heavy atom. The van der Waals surface area contributed by atoms with Crippen LogP contribution in [0, 0.1) is 10.1 Å². The van der Waals surface area contributed by atoms with E-state index < -0.39 is 16.8 Å². The minimum Gasteiger partial charge on any atom is -0.472 e. The van der Waals surface area contributed by atoms with Gasteiger partial charge in [0, 0.05) is 11.1 Å². The number of urea groups is 1. The number of carbonyl (C=O) groups is 1. The molecule has 10 heteroatoms. The van der Waals surface area contributed by atoms with Gasteiger partial charge in [0.1, 0.15) is 11.2 Å². The number of rotatable bonds is 5. The van der Waals surface area contributed by atoms with Crippen LogP contribution in [-0.4, -0.2) is 23.4 Å². The molecule has 0 aliphatic carbocycles. The van der Waals surface area contributed by atoms with Gasteiger partial charge in [-0.1, -0.05) is 0 Å². The number of amides is 2. The minimum atomic E-state index is -0.679. The van der Waals surface area contributed by atoms with Crippen LogP contribution in [0.1, 0.15) is 11.1 Å². The van der Waals surface area contributed by atoms with Gasteiger partial charge in [0.15, 0.2) is 0 Å². The van der Waals surface area contributed by atoms with Crippen molar-refractivity contribution in [1.29, 1.82) is 0 Å². The lowest BCUT2D eigenvalue weighted by Gasteiger charge is -1.95. The number of nitro groups is 1. The molecular weight excluding hydrogens is 282 g/mol. The minimum absolute atomic E-state index is 0.337. The molecule has 2 aromatic rings. The highest BCUT2D eigenvalue weighted by Gasteiger charge is 2.10. The topological polar surface area (TPSA) is 135 Å². The maximum absolute atomic E-state index is 11.3. The average molecular weight is 291 g/mol. The van der Waals surface area contributed by atoms with Gasteiger partial charge < -0.3 is 8.83 Å². The van der Waals surface area contributed by atoms with Crippen LogP contribution in [0.15, 0.2) is 50.0 Å². The third kappa shape index (κ3) is 4.31. The molecule has 2 amide bonds. The molecule has 2 N–H and O–H groups in total. The third-order valence-corrected chi connectivity index (χ3v) is 2.09. The molecule has 0 saturated carbocycles. The number of carbonyl (C=O) groups excluding carboxylic acids is 1. The summed E-state index contributed by atoms with van der Waals surface area (Å²) in [6.07, 6.45) is 6.63. The summed E-state index contributed by atoms with van der Waals surface area (Å²) < 4.78 is 9.44. The van der Waals surface area contributed by atoms with E-state index in [0.29, 0.717) is 11.1 Å². The van der Waals surface area contributed by atoms with E-state index in [4.69, 9.17) is 4.42 Å². The van der Waals surface area contributed by atoms with Crippen LogP contribution < -0.4 is 10.9 Å². The molecular formula is C11H9N5O5. The van der Waals surface area contributed by atoms with Crippen molar-refractivity contribution in [2.24, 2.45) is 10.2 Å². The second kappa shape index (κ2) is 6.65. The summed E-state index contributed by atoms with van der Waals surface area (Å²) in [5, 5.41) is 17.6. The van der Waals surface area contributed by atoms with Gasteiger partial charge >= 0.3 is 11.9 Å². The summed E-state index contributed by atoms with van der Waals surface area (Å²) in [7, 11) is 0. The number of hydrazone groups is 2. The van der Waals surface area contributed by atoms with Crippen LogP contribution in [0.3, 0.4) is 0 Å². The summed E-state index contributed by atoms with van der Waals surface area (Å²) in [6.45, 7) is 0. The molecule has 0 spiro atoms. The van der Waals surface area contributed by atoms with Crippen molar-refractivity contribution in [2.75, 3.05) is 0 Å². The van der Waals surface area contributed by atoms with Gasteiger partial charge in [0.2, 0.25) is 0 Å². The highest BCUT2D eigenvalue weighted by atomic mass is 16.6. The van der Waals surface area contributed by atoms with Crippen molar-refractivity contribution in [3.63, 3.8) is 0 Å². The van der Waals surface area contributed by atoms with Crippen LogP contribution >= 0.6 is 0 Å². The maximum Gasteiger partial charge on any atom is 0.433 e. The molecule has 0 atom stereocenters. The maximum atomic E-state index is 11.3. The van der Waals surface area contributed by atoms with Gasteiger partial charge in [-0.3, -0.25) is 10.1 Å². The van der Waals surface area contributed by atoms with Crippen molar-refractivity contribution < 1.29 is 18.6 Å². The molecule has 21 heavy (non-hydrogen) atoms. The van der Waals surface area contributed by atoms with Gasteiger partial charge in [-0.05, 0) is 6.07 Å². The smallest absolute Gasteiger partial charge is 0.433 e. The van der Waals surface area contributed by atoms with E-state index in [0.717, 1.165) is 6.26 Å². The van der Waals surface area contributed by atoms with E-state index in [1.807, 2.05) is 0 Å². The van der Waals surface area contributed by atoms with Crippen LogP contribution in [0.5, 0.6) is 0 Å². The Bertz CT molecular complexity index is 673. The molecule has 0 bridgehead atoms. The Kier molecular flexibility index (Phi) is 4.43. The van der Waals surface area contributed by atoms with E-state index in [9.17, 15) is 14.9 Å². The first-order valence-electron chi connectivity index (χ1n) is 5.52. The molecule has 0 fully saturated rings. The second-order valence-electron chi connectivity index (χ2n) is 3.60. The monoisotopic (exact) mass is 291 g/mol. The number of nitrogens with zero attached hydrogens (tertiary/aromatic N) is 3. The molecule has 0 aliphatic rings. The van der Waals surface area contributed by atoms with E-state index in [1.165, 1.54) is 31.0 Å². The zero-order chi connectivity index (χ0) is 15.1. The fraction of sp³-hybridized carbons (Fsp3) is 0. The van der Waals surface area contributed by atoms with Crippen molar-refractivity contribution in [2.45, 2.75) is 0 Å². The second-order valence-corrected chi connectivity index (χ2v) is 3.60. The Morgan fingerprint density at radius 1 is 1.24 bits per heavy atom. The lowest BCUT2D eigenvalue weighted by molar-refractivity contribution is -0.402. The predicted octanol–water partition coefficient (Wildman–Crippen LogP) is 1.45. The number of hydrogen-bond acceptors (Lipinski definition) is 7. The summed E-state index contributed by atoms with van der Waals surface area (Å²) in [5.41, 5.74) is 5.31. The Hall–Kier alpha value is -3.43. The summed E-state index contributed by atoms with van der Waals surface area (Å²) in [4.78, 5) is 21.0. The Morgan fingerprint density at radius 2 is 1.95 bits per heavy atom. The quantitative estimate of drug-likeness (QED) is 0.488. The summed E-state index contributed by atoms with van der Waals surface area (Å²) in [6, 6.07) is 2.15. The van der Waals surface area contributed by atoms with Gasteiger partial charge in [-0.15, -0.1) is 0 Å². The first-order chi connectivity index (χ1) is 10.1. The normalized spacial score (nSPS) is 11.0. The molecule has 0 aromatic carbocycles. The highest BCUT2D eigenvalue weighted by molar-refractivity contribution is 5.83. The van der Waals surface area contributed by atoms with Crippen LogP contribution in [0.25, 0.3) is 0 Å². The molecule has 108 valence electrons. The number of furan rings is 2. The first-order valence-corrected chi connectivity index (χ1v) is 5.52. The Balaban J connectivity index is 1.77. The SMILES string of the molecule is O=C(N/N=C\c1coc([N+](=O)[O-])c1)N/N=C/c1ccoc1. The molecule has 0 aliphatic heterocycles. The van der Waals surface area contributed by atoms with E-state index in [2.05, 4.69) is 25.5 Å². The van der Waals surface area contributed by atoms with Crippen LogP contribution in [0.2, 0.25) is 0 Å². The first kappa shape index (κ1) is 14.0. The van der Waals surface area contributed by atoms with Crippen LogP contribution in [0.4, 0.5) is 10.7 Å². The van der Waals surface area contributed by atoms with Crippen molar-refractivity contribution >= 4 is 24.3 Å². The van der Waals surface area contributed by atoms with E-state index in [-0.39, 0.29) is 0 Å². The molecule has 2 aromatic heterocycles. The zero-order valence-electron chi connectivity index (χ0n) is 10.4. The molecule has 0 unspecified atom stereocenters. The van der Waals surface area contributed by atoms with Crippen molar-refractivity contribution in [1.82, 2.24) is 10.9 Å². The third-order valence-electron chi connectivity index (χ3n) is 2.09. The van der Waals surface area contributed by atoms with Crippen molar-refractivity contribution in [3.05, 3.63) is 52.2 Å². The molecule has 0 radical (unpaired) electrons. The van der Waals surface area contributed by atoms with E-state index in [1.54, 1.807) is 6.07 Å². The van der Waals surface area contributed by atoms with Gasteiger partial charge in [-0.2, -0.15) is 10.2 Å². The number of nitrogens with one attached hydrogen (secondary N) is 2. The lowest BCUT2D eigenvalue weighted by atomic mass is 10.4. The van der Waals surface area contributed by atoms with Gasteiger partial charge in [0.05, 0.1) is 31.0 Å². The molecule has 2 rings (SSSR count). The average Bonchev–Trinajstić information content (AvgIpc) is 3.09. The molecule has 2 heterocycles.